The quantitative estimate of drug-likeness (QED) is 0.609. The van der Waals surface area contributed by atoms with Crippen LogP contribution >= 0.6 is 22.9 Å². The zero-order chi connectivity index (χ0) is 14.6. The second-order valence-corrected chi connectivity index (χ2v) is 7.26. The van der Waals surface area contributed by atoms with Gasteiger partial charge < -0.3 is 4.74 Å². The third-order valence-electron chi connectivity index (χ3n) is 2.29. The molecule has 0 saturated heterocycles. The number of nitrogens with one attached hydrogen (secondary N) is 1. The monoisotopic (exact) mass is 328 g/mol. The average Bonchev–Trinajstić information content (AvgIpc) is 2.71. The van der Waals surface area contributed by atoms with Crippen molar-refractivity contribution in [2.45, 2.75) is 23.6 Å². The van der Waals surface area contributed by atoms with Crippen molar-refractivity contribution >= 4 is 38.6 Å². The molecule has 0 fully saturated rings. The van der Waals surface area contributed by atoms with Gasteiger partial charge in [-0.25, -0.2) is 13.1 Å². The molecule has 7 nitrogen and oxygen atoms in total. The number of rotatable bonds is 7. The van der Waals surface area contributed by atoms with E-state index in [1.165, 1.54) is 7.11 Å². The van der Waals surface area contributed by atoms with Crippen LogP contribution in [0.4, 0.5) is 5.69 Å². The van der Waals surface area contributed by atoms with Crippen LogP contribution in [0.15, 0.2) is 10.3 Å². The molecule has 1 unspecified atom stereocenters. The molecule has 10 heteroatoms. The van der Waals surface area contributed by atoms with Gasteiger partial charge in [0.15, 0.2) is 4.34 Å². The van der Waals surface area contributed by atoms with E-state index in [-0.39, 0.29) is 15.2 Å². The number of hydrogen-bond acceptors (Lipinski definition) is 6. The summed E-state index contributed by atoms with van der Waals surface area (Å²) >= 11 is 6.29. The number of thiophene rings is 1. The summed E-state index contributed by atoms with van der Waals surface area (Å²) in [6.45, 7) is 2.02. The Bertz CT molecular complexity index is 557. The van der Waals surface area contributed by atoms with Gasteiger partial charge in [-0.15, -0.1) is 11.3 Å². The summed E-state index contributed by atoms with van der Waals surface area (Å²) in [6.07, 6.45) is 0.536. The van der Waals surface area contributed by atoms with E-state index in [4.69, 9.17) is 16.3 Å². The van der Waals surface area contributed by atoms with Crippen LogP contribution in [0, 0.1) is 10.1 Å². The molecule has 1 N–H and O–H groups in total. The summed E-state index contributed by atoms with van der Waals surface area (Å²) in [5.74, 6) is 0. The van der Waals surface area contributed by atoms with Gasteiger partial charge in [-0.05, 0) is 6.42 Å². The van der Waals surface area contributed by atoms with Crippen molar-refractivity contribution in [1.29, 1.82) is 0 Å². The molecule has 19 heavy (non-hydrogen) atoms. The first-order valence-corrected chi connectivity index (χ1v) is 7.94. The van der Waals surface area contributed by atoms with Crippen LogP contribution in [0.5, 0.6) is 0 Å². The zero-order valence-electron chi connectivity index (χ0n) is 10.3. The SMILES string of the molecule is CCC(COC)NS(=O)(=O)c1cc([N+](=O)[O-])c(Cl)s1. The molecule has 0 radical (unpaired) electrons. The Hall–Kier alpha value is -0.740. The van der Waals surface area contributed by atoms with Crippen molar-refractivity contribution in [3.05, 3.63) is 20.5 Å². The fraction of sp³-hybridized carbons (Fsp3) is 0.556. The van der Waals surface area contributed by atoms with Crippen molar-refractivity contribution in [3.8, 4) is 0 Å². The van der Waals surface area contributed by atoms with Crippen molar-refractivity contribution in [3.63, 3.8) is 0 Å². The van der Waals surface area contributed by atoms with Gasteiger partial charge in [-0.2, -0.15) is 0 Å². The number of nitro groups is 1. The maximum Gasteiger partial charge on any atom is 0.300 e. The maximum atomic E-state index is 12.0. The lowest BCUT2D eigenvalue weighted by Gasteiger charge is -2.14. The molecule has 1 aromatic rings. The predicted molar refractivity (Wildman–Crippen MR) is 72.3 cm³/mol. The van der Waals surface area contributed by atoms with Crippen LogP contribution in [-0.4, -0.2) is 33.1 Å². The Kier molecular flexibility index (Phi) is 5.68. The lowest BCUT2D eigenvalue weighted by Crippen LogP contribution is -2.37. The molecule has 108 valence electrons. The molecule has 0 aliphatic heterocycles. The summed E-state index contributed by atoms with van der Waals surface area (Å²) < 4.78 is 31.0. The van der Waals surface area contributed by atoms with Gasteiger partial charge >= 0.3 is 0 Å². The zero-order valence-corrected chi connectivity index (χ0v) is 12.6. The fourth-order valence-corrected chi connectivity index (χ4v) is 4.29. The second-order valence-electron chi connectivity index (χ2n) is 3.66. The molecule has 1 aromatic heterocycles. The molecule has 0 aromatic carbocycles. The van der Waals surface area contributed by atoms with Crippen LogP contribution in [0.25, 0.3) is 0 Å². The lowest BCUT2D eigenvalue weighted by atomic mass is 10.3. The van der Waals surface area contributed by atoms with Crippen molar-refractivity contribution < 1.29 is 18.1 Å². The highest BCUT2D eigenvalue weighted by molar-refractivity contribution is 7.91. The highest BCUT2D eigenvalue weighted by atomic mass is 35.5. The molecule has 0 bridgehead atoms. The standard InChI is InChI=1S/C9H13ClN2O5S2/c1-3-6(5-17-2)11-19(15,16)8-4-7(12(13)14)9(10)18-8/h4,6,11H,3,5H2,1-2H3. The third-order valence-corrected chi connectivity index (χ3v) is 5.62. The van der Waals surface area contributed by atoms with Gasteiger partial charge in [0.25, 0.3) is 15.7 Å². The minimum absolute atomic E-state index is 0.162. The van der Waals surface area contributed by atoms with E-state index in [2.05, 4.69) is 4.72 Å². The molecular weight excluding hydrogens is 316 g/mol. The van der Waals surface area contributed by atoms with E-state index in [0.29, 0.717) is 17.8 Å². The van der Waals surface area contributed by atoms with Gasteiger partial charge in [-0.3, -0.25) is 10.1 Å². The number of nitrogens with zero attached hydrogens (tertiary/aromatic N) is 1. The van der Waals surface area contributed by atoms with Crippen LogP contribution in [0.2, 0.25) is 4.34 Å². The Labute approximate surface area is 119 Å². The third kappa shape index (κ3) is 4.11. The maximum absolute atomic E-state index is 12.0. The molecule has 0 aliphatic rings. The van der Waals surface area contributed by atoms with Crippen LogP contribution in [0.3, 0.4) is 0 Å². The van der Waals surface area contributed by atoms with Gasteiger partial charge in [0.1, 0.15) is 4.21 Å². The van der Waals surface area contributed by atoms with E-state index >= 15 is 0 Å². The normalized spacial score (nSPS) is 13.4. The second kappa shape index (κ2) is 6.62. The molecule has 1 rings (SSSR count). The molecule has 0 aliphatic carbocycles. The molecule has 1 heterocycles. The van der Waals surface area contributed by atoms with Gasteiger partial charge in [0, 0.05) is 19.2 Å². The molecule has 0 saturated carbocycles. The average molecular weight is 329 g/mol. The largest absolute Gasteiger partial charge is 0.383 e. The lowest BCUT2D eigenvalue weighted by molar-refractivity contribution is -0.384. The van der Waals surface area contributed by atoms with E-state index < -0.39 is 26.7 Å². The van der Waals surface area contributed by atoms with Gasteiger partial charge in [0.2, 0.25) is 0 Å². The minimum Gasteiger partial charge on any atom is -0.383 e. The van der Waals surface area contributed by atoms with E-state index in [0.717, 1.165) is 6.07 Å². The Morgan fingerprint density at radius 1 is 1.63 bits per heavy atom. The fourth-order valence-electron chi connectivity index (χ4n) is 1.31. The van der Waals surface area contributed by atoms with E-state index in [1.807, 2.05) is 0 Å². The summed E-state index contributed by atoms with van der Waals surface area (Å²) in [4.78, 5) is 9.92. The molecular formula is C9H13ClN2O5S2. The summed E-state index contributed by atoms with van der Waals surface area (Å²) in [5, 5.41) is 10.6. The Balaban J connectivity index is 3.00. The van der Waals surface area contributed by atoms with Gasteiger partial charge in [-0.1, -0.05) is 18.5 Å². The first kappa shape index (κ1) is 16.3. The smallest absolute Gasteiger partial charge is 0.300 e. The van der Waals surface area contributed by atoms with Crippen LogP contribution in [0.1, 0.15) is 13.3 Å². The molecule has 0 spiro atoms. The van der Waals surface area contributed by atoms with Crippen LogP contribution < -0.4 is 4.72 Å². The number of sulfonamides is 1. The van der Waals surface area contributed by atoms with Crippen molar-refractivity contribution in [2.24, 2.45) is 0 Å². The molecule has 0 amide bonds. The summed E-state index contributed by atoms with van der Waals surface area (Å²) in [6, 6.07) is 0.560. The number of hydrogen-bond donors (Lipinski definition) is 1. The Morgan fingerprint density at radius 3 is 2.68 bits per heavy atom. The minimum atomic E-state index is -3.83. The molecule has 1 atom stereocenters. The highest BCUT2D eigenvalue weighted by Gasteiger charge is 2.26. The number of halogens is 1. The van der Waals surface area contributed by atoms with Crippen molar-refractivity contribution in [1.82, 2.24) is 4.72 Å². The van der Waals surface area contributed by atoms with E-state index in [9.17, 15) is 18.5 Å². The van der Waals surface area contributed by atoms with Crippen molar-refractivity contribution in [2.75, 3.05) is 13.7 Å². The first-order valence-electron chi connectivity index (χ1n) is 5.26. The summed E-state index contributed by atoms with van der Waals surface area (Å²) in [5.41, 5.74) is -0.410. The van der Waals surface area contributed by atoms with Gasteiger partial charge in [0.05, 0.1) is 11.5 Å². The number of methoxy groups -OCH3 is 1. The Morgan fingerprint density at radius 2 is 2.26 bits per heavy atom. The first-order chi connectivity index (χ1) is 8.81. The summed E-state index contributed by atoms with van der Waals surface area (Å²) in [7, 11) is -2.37. The van der Waals surface area contributed by atoms with E-state index in [1.54, 1.807) is 6.92 Å². The predicted octanol–water partition coefficient (Wildman–Crippen LogP) is 2.01. The number of ether oxygens (including phenoxy) is 1. The highest BCUT2D eigenvalue weighted by Crippen LogP contribution is 2.36. The van der Waals surface area contributed by atoms with Crippen LogP contribution in [-0.2, 0) is 14.8 Å². The topological polar surface area (TPSA) is 98.5 Å².